The van der Waals surface area contributed by atoms with Gasteiger partial charge in [-0.05, 0) is 32.2 Å². The Balaban J connectivity index is 0.00000161. The van der Waals surface area contributed by atoms with Gasteiger partial charge in [0.05, 0.1) is 5.92 Å². The summed E-state index contributed by atoms with van der Waals surface area (Å²) in [4.78, 5) is 16.9. The number of nitrogens with zero attached hydrogens (tertiary/aromatic N) is 2. The first-order valence-corrected chi connectivity index (χ1v) is 7.53. The largest absolute Gasteiger partial charge is 0.343 e. The molecule has 7 heteroatoms. The van der Waals surface area contributed by atoms with Crippen molar-refractivity contribution in [3.63, 3.8) is 0 Å². The van der Waals surface area contributed by atoms with E-state index in [0.29, 0.717) is 11.7 Å². The van der Waals surface area contributed by atoms with Gasteiger partial charge in [-0.1, -0.05) is 18.0 Å². The molecular weight excluding hydrogens is 292 g/mol. The minimum atomic E-state index is -0.410. The van der Waals surface area contributed by atoms with Gasteiger partial charge >= 0.3 is 0 Å². The van der Waals surface area contributed by atoms with E-state index in [2.05, 4.69) is 20.8 Å². The second-order valence-electron chi connectivity index (χ2n) is 5.96. The maximum atomic E-state index is 12.5. The van der Waals surface area contributed by atoms with Crippen LogP contribution < -0.4 is 10.6 Å². The van der Waals surface area contributed by atoms with Crippen molar-refractivity contribution in [2.75, 3.05) is 13.1 Å². The van der Waals surface area contributed by atoms with Crippen molar-refractivity contribution in [3.05, 3.63) is 11.7 Å². The fourth-order valence-corrected chi connectivity index (χ4v) is 3.29. The molecule has 0 bridgehead atoms. The number of hydrogen-bond donors (Lipinski definition) is 2. The Morgan fingerprint density at radius 3 is 2.71 bits per heavy atom. The third-order valence-corrected chi connectivity index (χ3v) is 4.44. The van der Waals surface area contributed by atoms with Crippen LogP contribution in [-0.4, -0.2) is 29.1 Å². The SMILES string of the molecule is Cc1nc(C2(NC(=O)C3CCCNC3)CCCC2)no1.Cl. The number of aryl methyl sites for hydroxylation is 1. The van der Waals surface area contributed by atoms with Gasteiger partial charge in [0.1, 0.15) is 5.54 Å². The summed E-state index contributed by atoms with van der Waals surface area (Å²) in [7, 11) is 0. The Bertz CT molecular complexity index is 479. The molecule has 1 aliphatic heterocycles. The Labute approximate surface area is 130 Å². The molecule has 1 aromatic heterocycles. The van der Waals surface area contributed by atoms with Crippen molar-refractivity contribution in [2.24, 2.45) is 5.92 Å². The van der Waals surface area contributed by atoms with Crippen molar-refractivity contribution < 1.29 is 9.32 Å². The maximum absolute atomic E-state index is 12.5. The Morgan fingerprint density at radius 2 is 2.14 bits per heavy atom. The topological polar surface area (TPSA) is 80.0 Å². The number of amides is 1. The van der Waals surface area contributed by atoms with Gasteiger partial charge in [-0.15, -0.1) is 12.4 Å². The maximum Gasteiger partial charge on any atom is 0.225 e. The summed E-state index contributed by atoms with van der Waals surface area (Å²) in [6, 6.07) is 0. The van der Waals surface area contributed by atoms with Crippen molar-refractivity contribution in [3.8, 4) is 0 Å². The van der Waals surface area contributed by atoms with Crippen LogP contribution in [0.2, 0.25) is 0 Å². The van der Waals surface area contributed by atoms with E-state index in [-0.39, 0.29) is 24.2 Å². The van der Waals surface area contributed by atoms with Gasteiger partial charge in [0.2, 0.25) is 11.8 Å². The van der Waals surface area contributed by atoms with Gasteiger partial charge in [-0.25, -0.2) is 0 Å². The molecule has 1 unspecified atom stereocenters. The lowest BCUT2D eigenvalue weighted by molar-refractivity contribution is -0.127. The van der Waals surface area contributed by atoms with Crippen LogP contribution in [0.15, 0.2) is 4.52 Å². The third kappa shape index (κ3) is 3.37. The van der Waals surface area contributed by atoms with E-state index in [0.717, 1.165) is 51.6 Å². The summed E-state index contributed by atoms with van der Waals surface area (Å²) in [5, 5.41) is 10.6. The molecule has 0 aromatic carbocycles. The van der Waals surface area contributed by atoms with Gasteiger partial charge < -0.3 is 15.2 Å². The van der Waals surface area contributed by atoms with E-state index in [1.807, 2.05) is 0 Å². The van der Waals surface area contributed by atoms with Crippen molar-refractivity contribution in [1.29, 1.82) is 0 Å². The lowest BCUT2D eigenvalue weighted by Gasteiger charge is -2.30. The van der Waals surface area contributed by atoms with Crippen LogP contribution in [0.3, 0.4) is 0 Å². The number of nitrogens with one attached hydrogen (secondary N) is 2. The van der Waals surface area contributed by atoms with E-state index >= 15 is 0 Å². The summed E-state index contributed by atoms with van der Waals surface area (Å²) >= 11 is 0. The molecular formula is C14H23ClN4O2. The van der Waals surface area contributed by atoms with E-state index < -0.39 is 5.54 Å². The normalized spacial score (nSPS) is 24.3. The monoisotopic (exact) mass is 314 g/mol. The molecule has 3 rings (SSSR count). The molecule has 2 fully saturated rings. The summed E-state index contributed by atoms with van der Waals surface area (Å²) in [5.41, 5.74) is -0.410. The number of carbonyl (C=O) groups is 1. The number of carbonyl (C=O) groups excluding carboxylic acids is 1. The average Bonchev–Trinajstić information content (AvgIpc) is 3.10. The van der Waals surface area contributed by atoms with Crippen LogP contribution in [0.1, 0.15) is 50.2 Å². The fourth-order valence-electron chi connectivity index (χ4n) is 3.29. The predicted octanol–water partition coefficient (Wildman–Crippen LogP) is 1.68. The Morgan fingerprint density at radius 1 is 1.38 bits per heavy atom. The highest BCUT2D eigenvalue weighted by atomic mass is 35.5. The average molecular weight is 315 g/mol. The predicted molar refractivity (Wildman–Crippen MR) is 80.2 cm³/mol. The molecule has 118 valence electrons. The molecule has 1 saturated carbocycles. The molecule has 2 N–H and O–H groups in total. The van der Waals surface area contributed by atoms with Crippen LogP contribution in [-0.2, 0) is 10.3 Å². The first kappa shape index (κ1) is 16.2. The second kappa shape index (κ2) is 6.75. The summed E-state index contributed by atoms with van der Waals surface area (Å²) in [6.07, 6.45) is 6.01. The van der Waals surface area contributed by atoms with Crippen molar-refractivity contribution >= 4 is 18.3 Å². The third-order valence-electron chi connectivity index (χ3n) is 4.44. The molecule has 1 aromatic rings. The van der Waals surface area contributed by atoms with Crippen LogP contribution in [0, 0.1) is 12.8 Å². The minimum absolute atomic E-state index is 0. The number of piperidine rings is 1. The van der Waals surface area contributed by atoms with E-state index in [1.165, 1.54) is 0 Å². The van der Waals surface area contributed by atoms with Gasteiger partial charge in [0.25, 0.3) is 0 Å². The highest BCUT2D eigenvalue weighted by Crippen LogP contribution is 2.37. The molecule has 21 heavy (non-hydrogen) atoms. The highest BCUT2D eigenvalue weighted by molar-refractivity contribution is 5.85. The number of hydrogen-bond acceptors (Lipinski definition) is 5. The van der Waals surface area contributed by atoms with Gasteiger partial charge in [-0.2, -0.15) is 4.98 Å². The number of rotatable bonds is 3. The number of halogens is 1. The standard InChI is InChI=1S/C14H22N4O2.ClH/c1-10-16-13(18-20-10)14(6-2-3-7-14)17-12(19)11-5-4-8-15-9-11;/h11,15H,2-9H2,1H3,(H,17,19);1H. The summed E-state index contributed by atoms with van der Waals surface area (Å²) in [6.45, 7) is 3.57. The summed E-state index contributed by atoms with van der Waals surface area (Å²) in [5.74, 6) is 1.39. The smallest absolute Gasteiger partial charge is 0.225 e. The zero-order chi connectivity index (χ0) is 14.0. The van der Waals surface area contributed by atoms with Crippen LogP contribution in [0.25, 0.3) is 0 Å². The van der Waals surface area contributed by atoms with Gasteiger partial charge in [0, 0.05) is 13.5 Å². The molecule has 1 saturated heterocycles. The molecule has 1 atom stereocenters. The van der Waals surface area contributed by atoms with Crippen LogP contribution in [0.4, 0.5) is 0 Å². The molecule has 1 amide bonds. The molecule has 1 aliphatic carbocycles. The Kier molecular flexibility index (Phi) is 5.22. The first-order valence-electron chi connectivity index (χ1n) is 7.53. The van der Waals surface area contributed by atoms with Crippen LogP contribution in [0.5, 0.6) is 0 Å². The van der Waals surface area contributed by atoms with E-state index in [1.54, 1.807) is 6.92 Å². The zero-order valence-electron chi connectivity index (χ0n) is 12.4. The molecule has 0 spiro atoms. The lowest BCUT2D eigenvalue weighted by atomic mass is 9.93. The molecule has 6 nitrogen and oxygen atoms in total. The van der Waals surface area contributed by atoms with Crippen molar-refractivity contribution in [2.45, 2.75) is 51.0 Å². The first-order chi connectivity index (χ1) is 9.70. The van der Waals surface area contributed by atoms with E-state index in [4.69, 9.17) is 4.52 Å². The van der Waals surface area contributed by atoms with Crippen LogP contribution >= 0.6 is 12.4 Å². The molecule has 2 heterocycles. The second-order valence-corrected chi connectivity index (χ2v) is 5.96. The number of aromatic nitrogens is 2. The fraction of sp³-hybridized carbons (Fsp3) is 0.786. The van der Waals surface area contributed by atoms with Gasteiger partial charge in [0.15, 0.2) is 5.82 Å². The zero-order valence-corrected chi connectivity index (χ0v) is 13.2. The quantitative estimate of drug-likeness (QED) is 0.887. The minimum Gasteiger partial charge on any atom is -0.343 e. The Hall–Kier alpha value is -1.14. The molecule has 0 radical (unpaired) electrons. The van der Waals surface area contributed by atoms with E-state index in [9.17, 15) is 4.79 Å². The lowest BCUT2D eigenvalue weighted by Crippen LogP contribution is -2.49. The molecule has 2 aliphatic rings. The highest BCUT2D eigenvalue weighted by Gasteiger charge is 2.42. The summed E-state index contributed by atoms with van der Waals surface area (Å²) < 4.78 is 5.10. The van der Waals surface area contributed by atoms with Crippen molar-refractivity contribution in [1.82, 2.24) is 20.8 Å². The van der Waals surface area contributed by atoms with Gasteiger partial charge in [-0.3, -0.25) is 4.79 Å².